The van der Waals surface area contributed by atoms with Crippen molar-refractivity contribution in [3.05, 3.63) is 12.2 Å². The van der Waals surface area contributed by atoms with Gasteiger partial charge in [-0.2, -0.15) is 11.1 Å². The van der Waals surface area contributed by atoms with Gasteiger partial charge in [-0.05, 0) is 18.9 Å². The third-order valence-corrected chi connectivity index (χ3v) is 3.66. The van der Waals surface area contributed by atoms with E-state index < -0.39 is 7.38 Å². The number of hydrogen-bond donors (Lipinski definition) is 0. The van der Waals surface area contributed by atoms with Gasteiger partial charge in [0.25, 0.3) is 0 Å². The van der Waals surface area contributed by atoms with Crippen LogP contribution in [-0.2, 0) is 0 Å². The quantitative estimate of drug-likeness (QED) is 0.245. The molecule has 0 rings (SSSR count). The van der Waals surface area contributed by atoms with Gasteiger partial charge in [-0.15, -0.1) is 0 Å². The lowest BCUT2D eigenvalue weighted by Crippen LogP contribution is -2.13. The molecule has 0 aromatic carbocycles. The molecule has 0 heterocycles. The van der Waals surface area contributed by atoms with Gasteiger partial charge in [-0.25, -0.2) is 0 Å². The van der Waals surface area contributed by atoms with Gasteiger partial charge in [-0.1, -0.05) is 51.4 Å². The molecule has 0 aromatic heterocycles. The van der Waals surface area contributed by atoms with E-state index in [1.165, 1.54) is 32.1 Å². The average molecular weight is 219 g/mol. The van der Waals surface area contributed by atoms with Crippen molar-refractivity contribution in [2.75, 3.05) is 0 Å². The van der Waals surface area contributed by atoms with Gasteiger partial charge in [0.1, 0.15) is 0 Å². The number of unbranched alkanes of at least 4 members (excludes halogenated alkanes) is 4. The molecule has 0 unspecified atom stereocenters. The van der Waals surface area contributed by atoms with Gasteiger partial charge < -0.3 is 0 Å². The van der Waals surface area contributed by atoms with Crippen LogP contribution in [0.15, 0.2) is 12.2 Å². The van der Waals surface area contributed by atoms with Crippen LogP contribution in [0.3, 0.4) is 0 Å². The first-order chi connectivity index (χ1) is 6.06. The predicted octanol–water partition coefficient (Wildman–Crippen LogP) is 4.96. The van der Waals surface area contributed by atoms with Gasteiger partial charge in [-0.3, -0.25) is 0 Å². The Kier molecular flexibility index (Phi) is 7.78. The van der Waals surface area contributed by atoms with Crippen LogP contribution in [0, 0.1) is 0 Å². The van der Waals surface area contributed by atoms with Gasteiger partial charge in [0.05, 0.1) is 0 Å². The van der Waals surface area contributed by atoms with Crippen LogP contribution in [0.1, 0.15) is 39.0 Å². The second-order valence-corrected chi connectivity index (χ2v) is 11.2. The average Bonchev–Trinajstić information content (AvgIpc) is 2.01. The van der Waals surface area contributed by atoms with E-state index in [4.69, 9.17) is 11.1 Å². The van der Waals surface area contributed by atoms with Gasteiger partial charge in [0.2, 0.25) is 0 Å². The molecule has 0 saturated heterocycles. The van der Waals surface area contributed by atoms with E-state index in [1.807, 2.05) is 0 Å². The van der Waals surface area contributed by atoms with E-state index in [2.05, 4.69) is 32.2 Å². The number of rotatable bonds is 7. The summed E-state index contributed by atoms with van der Waals surface area (Å²) in [4.78, 5) is 0. The summed E-state index contributed by atoms with van der Waals surface area (Å²) < 4.78 is 0. The predicted molar refractivity (Wildman–Crippen MR) is 66.0 cm³/mol. The van der Waals surface area contributed by atoms with E-state index in [9.17, 15) is 0 Å². The fourth-order valence-electron chi connectivity index (χ4n) is 1.17. The molecule has 0 amide bonds. The second kappa shape index (κ2) is 7.63. The van der Waals surface area contributed by atoms with Gasteiger partial charge in [0.15, 0.2) is 7.38 Å². The molecule has 0 radical (unpaired) electrons. The third-order valence-electron chi connectivity index (χ3n) is 1.99. The minimum Gasteiger partial charge on any atom is -0.167 e. The second-order valence-electron chi connectivity index (χ2n) is 4.24. The molecular weight excluding hydrogens is 196 g/mol. The lowest BCUT2D eigenvalue weighted by atomic mass is 10.1. The van der Waals surface area contributed by atoms with Gasteiger partial charge >= 0.3 is 0 Å². The van der Waals surface area contributed by atoms with Crippen molar-refractivity contribution in [1.82, 2.24) is 0 Å². The van der Waals surface area contributed by atoms with Crippen LogP contribution in [-0.4, -0.2) is 7.38 Å². The van der Waals surface area contributed by atoms with Crippen LogP contribution < -0.4 is 0 Å². The maximum Gasteiger partial charge on any atom is 0.154 e. The van der Waals surface area contributed by atoms with Crippen molar-refractivity contribution in [1.29, 1.82) is 0 Å². The maximum atomic E-state index is 6.18. The maximum absolute atomic E-state index is 6.18. The standard InChI is InChI=1S/C11H23ClSi/c1-4-5-6-7-8-9-10-11-13(2,3)12/h9-10H,4-8,11H2,1-3H3/b10-9-. The number of hydrogen-bond acceptors (Lipinski definition) is 0. The molecule has 0 aromatic rings. The normalized spacial score (nSPS) is 12.6. The zero-order chi connectivity index (χ0) is 10.2. The minimum absolute atomic E-state index is 1.11. The zero-order valence-corrected chi connectivity index (χ0v) is 11.0. The fourth-order valence-corrected chi connectivity index (χ4v) is 2.16. The van der Waals surface area contributed by atoms with E-state index in [0.717, 1.165) is 6.04 Å². The number of halogens is 1. The molecule has 0 fully saturated rings. The smallest absolute Gasteiger partial charge is 0.154 e. The van der Waals surface area contributed by atoms with Crippen LogP contribution in [0.2, 0.25) is 19.1 Å². The molecular formula is C11H23ClSi. The van der Waals surface area contributed by atoms with Crippen LogP contribution in [0.25, 0.3) is 0 Å². The molecule has 0 bridgehead atoms. The Morgan fingerprint density at radius 3 is 2.31 bits per heavy atom. The largest absolute Gasteiger partial charge is 0.167 e. The van der Waals surface area contributed by atoms with E-state index >= 15 is 0 Å². The van der Waals surface area contributed by atoms with Crippen LogP contribution in [0.5, 0.6) is 0 Å². The van der Waals surface area contributed by atoms with E-state index in [1.54, 1.807) is 0 Å². The summed E-state index contributed by atoms with van der Waals surface area (Å²) >= 11 is 6.18. The summed E-state index contributed by atoms with van der Waals surface area (Å²) in [6.07, 6.45) is 11.2. The Labute approximate surface area is 89.1 Å². The lowest BCUT2D eigenvalue weighted by molar-refractivity contribution is 0.674. The third kappa shape index (κ3) is 12.2. The topological polar surface area (TPSA) is 0 Å². The summed E-state index contributed by atoms with van der Waals surface area (Å²) in [5.74, 6) is 0. The molecule has 0 saturated carbocycles. The molecule has 0 aliphatic rings. The van der Waals surface area contributed by atoms with Crippen LogP contribution in [0.4, 0.5) is 0 Å². The number of allylic oxidation sites excluding steroid dienone is 2. The summed E-state index contributed by atoms with van der Waals surface area (Å²) in [5, 5.41) is 0. The molecule has 78 valence electrons. The minimum atomic E-state index is -1.35. The zero-order valence-electron chi connectivity index (χ0n) is 9.28. The van der Waals surface area contributed by atoms with E-state index in [-0.39, 0.29) is 0 Å². The highest BCUT2D eigenvalue weighted by molar-refractivity contribution is 7.19. The van der Waals surface area contributed by atoms with E-state index in [0.29, 0.717) is 0 Å². The van der Waals surface area contributed by atoms with Crippen molar-refractivity contribution < 1.29 is 0 Å². The molecule has 13 heavy (non-hydrogen) atoms. The first kappa shape index (κ1) is 13.2. The molecule has 0 spiro atoms. The summed E-state index contributed by atoms with van der Waals surface area (Å²) in [5.41, 5.74) is 0. The molecule has 0 nitrogen and oxygen atoms in total. The molecule has 2 heteroatoms. The molecule has 0 N–H and O–H groups in total. The van der Waals surface area contributed by atoms with Crippen molar-refractivity contribution in [3.8, 4) is 0 Å². The Morgan fingerprint density at radius 2 is 1.77 bits per heavy atom. The molecule has 0 aliphatic carbocycles. The Morgan fingerprint density at radius 1 is 1.08 bits per heavy atom. The lowest BCUT2D eigenvalue weighted by Gasteiger charge is -2.07. The van der Waals surface area contributed by atoms with Crippen molar-refractivity contribution in [3.63, 3.8) is 0 Å². The summed E-state index contributed by atoms with van der Waals surface area (Å²) in [6, 6.07) is 1.11. The highest BCUT2D eigenvalue weighted by Crippen LogP contribution is 2.14. The van der Waals surface area contributed by atoms with Crippen molar-refractivity contribution in [2.45, 2.75) is 58.2 Å². The first-order valence-corrected chi connectivity index (χ1v) is 9.62. The summed E-state index contributed by atoms with van der Waals surface area (Å²) in [7, 11) is -1.35. The Hall–Kier alpha value is 0.247. The SMILES string of the molecule is CCCCCC/C=C\C[Si](C)(C)Cl. The fraction of sp³-hybridized carbons (Fsp3) is 0.818. The van der Waals surface area contributed by atoms with Crippen LogP contribution >= 0.6 is 11.1 Å². The molecule has 0 atom stereocenters. The first-order valence-electron chi connectivity index (χ1n) is 5.40. The van der Waals surface area contributed by atoms with Gasteiger partial charge in [0, 0.05) is 0 Å². The van der Waals surface area contributed by atoms with Crippen molar-refractivity contribution in [2.24, 2.45) is 0 Å². The monoisotopic (exact) mass is 218 g/mol. The summed E-state index contributed by atoms with van der Waals surface area (Å²) in [6.45, 7) is 6.63. The molecule has 0 aliphatic heterocycles. The Balaban J connectivity index is 3.22. The van der Waals surface area contributed by atoms with Crippen molar-refractivity contribution >= 4 is 18.5 Å². The Bertz CT molecular complexity index is 136. The highest BCUT2D eigenvalue weighted by Gasteiger charge is 2.13. The highest BCUT2D eigenvalue weighted by atomic mass is 35.6.